The maximum Gasteiger partial charge on any atom is 0.319 e. The summed E-state index contributed by atoms with van der Waals surface area (Å²) < 4.78 is 27.7. The zero-order chi connectivity index (χ0) is 19.2. The zero-order valence-corrected chi connectivity index (χ0v) is 16.0. The molecule has 2 rings (SSSR count). The number of benzene rings is 2. The van der Waals surface area contributed by atoms with Crippen molar-refractivity contribution in [1.82, 2.24) is 5.32 Å². The van der Waals surface area contributed by atoms with E-state index < -0.39 is 9.84 Å². The molecule has 0 radical (unpaired) electrons. The summed E-state index contributed by atoms with van der Waals surface area (Å²) in [6, 6.07) is 14.3. The molecule has 0 aromatic heterocycles. The molecule has 1 unspecified atom stereocenters. The zero-order valence-electron chi connectivity index (χ0n) is 15.2. The molecule has 0 aliphatic rings. The lowest BCUT2D eigenvalue weighted by Crippen LogP contribution is -2.31. The standard InChI is InChI=1S/C19H24N2O4S/c1-14-7-4-5-10-18(14)15(2)20-19(22)21-16-8-6-9-17(13-16)25-11-12-26(3,23)24/h4-10,13,15H,11-12H2,1-3H3,(H2,20,21,22). The van der Waals surface area contributed by atoms with Crippen molar-refractivity contribution in [3.63, 3.8) is 0 Å². The van der Waals surface area contributed by atoms with Crippen LogP contribution in [-0.2, 0) is 9.84 Å². The molecule has 140 valence electrons. The second-order valence-corrected chi connectivity index (χ2v) is 8.44. The molecule has 2 aromatic carbocycles. The highest BCUT2D eigenvalue weighted by atomic mass is 32.2. The molecule has 0 heterocycles. The summed E-state index contributed by atoms with van der Waals surface area (Å²) >= 11 is 0. The van der Waals surface area contributed by atoms with Gasteiger partial charge in [0.15, 0.2) is 9.84 Å². The van der Waals surface area contributed by atoms with E-state index in [-0.39, 0.29) is 24.4 Å². The second-order valence-electron chi connectivity index (χ2n) is 6.18. The van der Waals surface area contributed by atoms with E-state index >= 15 is 0 Å². The molecule has 7 heteroatoms. The van der Waals surface area contributed by atoms with Crippen molar-refractivity contribution < 1.29 is 17.9 Å². The fourth-order valence-electron chi connectivity index (χ4n) is 2.49. The molecule has 0 spiro atoms. The second kappa shape index (κ2) is 8.71. The van der Waals surface area contributed by atoms with E-state index in [0.717, 1.165) is 17.4 Å². The number of ether oxygens (including phenoxy) is 1. The van der Waals surface area contributed by atoms with Crippen LogP contribution in [0.4, 0.5) is 10.5 Å². The number of anilines is 1. The Kier molecular flexibility index (Phi) is 6.63. The first-order valence-electron chi connectivity index (χ1n) is 8.28. The number of aryl methyl sites for hydroxylation is 1. The molecule has 0 saturated carbocycles. The average molecular weight is 376 g/mol. The number of urea groups is 1. The quantitative estimate of drug-likeness (QED) is 0.776. The van der Waals surface area contributed by atoms with Gasteiger partial charge in [-0.2, -0.15) is 0 Å². The van der Waals surface area contributed by atoms with Crippen molar-refractivity contribution in [1.29, 1.82) is 0 Å². The molecule has 2 amide bonds. The largest absolute Gasteiger partial charge is 0.492 e. The van der Waals surface area contributed by atoms with Gasteiger partial charge >= 0.3 is 6.03 Å². The van der Waals surface area contributed by atoms with Crippen LogP contribution in [0.3, 0.4) is 0 Å². The van der Waals surface area contributed by atoms with Gasteiger partial charge in [-0.25, -0.2) is 13.2 Å². The highest BCUT2D eigenvalue weighted by Crippen LogP contribution is 2.19. The summed E-state index contributed by atoms with van der Waals surface area (Å²) in [4.78, 5) is 12.2. The molecular weight excluding hydrogens is 352 g/mol. The van der Waals surface area contributed by atoms with E-state index in [2.05, 4.69) is 10.6 Å². The van der Waals surface area contributed by atoms with Gasteiger partial charge < -0.3 is 15.4 Å². The van der Waals surface area contributed by atoms with Crippen molar-refractivity contribution in [2.75, 3.05) is 23.9 Å². The average Bonchev–Trinajstić information content (AvgIpc) is 2.54. The lowest BCUT2D eigenvalue weighted by molar-refractivity contribution is 0.249. The Hall–Kier alpha value is -2.54. The third-order valence-electron chi connectivity index (χ3n) is 3.82. The molecular formula is C19H24N2O4S. The SMILES string of the molecule is Cc1ccccc1C(C)NC(=O)Nc1cccc(OCCS(C)(=O)=O)c1. The Labute approximate surface area is 154 Å². The summed E-state index contributed by atoms with van der Waals surface area (Å²) in [6.45, 7) is 3.99. The number of carbonyl (C=O) groups excluding carboxylic acids is 1. The summed E-state index contributed by atoms with van der Waals surface area (Å²) in [5.74, 6) is 0.442. The van der Waals surface area contributed by atoms with Crippen molar-refractivity contribution in [3.05, 3.63) is 59.7 Å². The summed E-state index contributed by atoms with van der Waals surface area (Å²) in [5, 5.41) is 5.66. The highest BCUT2D eigenvalue weighted by Gasteiger charge is 2.11. The number of hydrogen-bond acceptors (Lipinski definition) is 4. The van der Waals surface area contributed by atoms with Gasteiger partial charge in [0.05, 0.1) is 11.8 Å². The molecule has 6 nitrogen and oxygen atoms in total. The first-order valence-corrected chi connectivity index (χ1v) is 10.3. The van der Waals surface area contributed by atoms with Crippen LogP contribution in [0, 0.1) is 6.92 Å². The summed E-state index contributed by atoms with van der Waals surface area (Å²) in [6.07, 6.45) is 1.16. The molecule has 2 N–H and O–H groups in total. The monoisotopic (exact) mass is 376 g/mol. The van der Waals surface area contributed by atoms with Gasteiger partial charge in [-0.3, -0.25) is 0 Å². The third kappa shape index (κ3) is 6.40. The van der Waals surface area contributed by atoms with E-state index in [1.165, 1.54) is 0 Å². The Morgan fingerprint density at radius 3 is 2.58 bits per heavy atom. The van der Waals surface area contributed by atoms with E-state index in [0.29, 0.717) is 11.4 Å². The third-order valence-corrected chi connectivity index (χ3v) is 4.73. The minimum absolute atomic E-state index is 0.0565. The first kappa shape index (κ1) is 19.8. The first-order chi connectivity index (χ1) is 12.2. The number of hydrogen-bond donors (Lipinski definition) is 2. The predicted octanol–water partition coefficient (Wildman–Crippen LogP) is 3.30. The predicted molar refractivity (Wildman–Crippen MR) is 103 cm³/mol. The normalized spacial score (nSPS) is 12.3. The lowest BCUT2D eigenvalue weighted by Gasteiger charge is -2.17. The van der Waals surface area contributed by atoms with Crippen LogP contribution in [0.2, 0.25) is 0 Å². The van der Waals surface area contributed by atoms with Gasteiger partial charge in [0.1, 0.15) is 12.4 Å². The van der Waals surface area contributed by atoms with Gasteiger partial charge in [-0.15, -0.1) is 0 Å². The fourth-order valence-corrected chi connectivity index (χ4v) is 2.87. The number of amides is 2. The molecule has 0 saturated heterocycles. The van der Waals surface area contributed by atoms with Crippen LogP contribution in [0.25, 0.3) is 0 Å². The maximum absolute atomic E-state index is 12.2. The van der Waals surface area contributed by atoms with E-state index in [9.17, 15) is 13.2 Å². The Balaban J connectivity index is 1.92. The van der Waals surface area contributed by atoms with Crippen molar-refractivity contribution in [2.45, 2.75) is 19.9 Å². The number of sulfone groups is 1. The lowest BCUT2D eigenvalue weighted by atomic mass is 10.0. The summed E-state index contributed by atoms with van der Waals surface area (Å²) in [7, 11) is -3.07. The van der Waals surface area contributed by atoms with Gasteiger partial charge in [0.25, 0.3) is 0 Å². The molecule has 0 fully saturated rings. The van der Waals surface area contributed by atoms with Gasteiger partial charge in [-0.1, -0.05) is 30.3 Å². The Bertz CT molecular complexity index is 865. The molecule has 2 aromatic rings. The smallest absolute Gasteiger partial charge is 0.319 e. The van der Waals surface area contributed by atoms with Crippen molar-refractivity contribution >= 4 is 21.6 Å². The Morgan fingerprint density at radius 1 is 1.15 bits per heavy atom. The topological polar surface area (TPSA) is 84.5 Å². The maximum atomic E-state index is 12.2. The van der Waals surface area contributed by atoms with Crippen LogP contribution in [-0.4, -0.2) is 33.1 Å². The van der Waals surface area contributed by atoms with Crippen LogP contribution in [0.15, 0.2) is 48.5 Å². The minimum Gasteiger partial charge on any atom is -0.492 e. The highest BCUT2D eigenvalue weighted by molar-refractivity contribution is 7.90. The van der Waals surface area contributed by atoms with Crippen molar-refractivity contribution in [2.24, 2.45) is 0 Å². The minimum atomic E-state index is -3.07. The molecule has 0 bridgehead atoms. The number of rotatable bonds is 7. The molecule has 1 atom stereocenters. The molecule has 0 aliphatic heterocycles. The van der Waals surface area contributed by atoms with Gasteiger partial charge in [0, 0.05) is 18.0 Å². The Morgan fingerprint density at radius 2 is 1.88 bits per heavy atom. The van der Waals surface area contributed by atoms with Crippen LogP contribution < -0.4 is 15.4 Å². The number of nitrogens with one attached hydrogen (secondary N) is 2. The molecule has 26 heavy (non-hydrogen) atoms. The van der Waals surface area contributed by atoms with Gasteiger partial charge in [0.2, 0.25) is 0 Å². The summed E-state index contributed by atoms with van der Waals surface area (Å²) in [5.41, 5.74) is 2.73. The van der Waals surface area contributed by atoms with E-state index in [4.69, 9.17) is 4.74 Å². The van der Waals surface area contributed by atoms with Gasteiger partial charge in [-0.05, 0) is 37.1 Å². The van der Waals surface area contributed by atoms with Crippen molar-refractivity contribution in [3.8, 4) is 5.75 Å². The fraction of sp³-hybridized carbons (Fsp3) is 0.316. The molecule has 0 aliphatic carbocycles. The van der Waals surface area contributed by atoms with E-state index in [1.807, 2.05) is 38.1 Å². The number of carbonyl (C=O) groups is 1. The van der Waals surface area contributed by atoms with Crippen LogP contribution >= 0.6 is 0 Å². The van der Waals surface area contributed by atoms with E-state index in [1.54, 1.807) is 24.3 Å². The van der Waals surface area contributed by atoms with Crippen LogP contribution in [0.5, 0.6) is 5.75 Å². The van der Waals surface area contributed by atoms with Crippen LogP contribution in [0.1, 0.15) is 24.1 Å².